The lowest BCUT2D eigenvalue weighted by atomic mass is 9.90. The zero-order valence-electron chi connectivity index (χ0n) is 16.6. The molecule has 0 unspecified atom stereocenters. The largest absolute Gasteiger partial charge is 0.0616 e. The minimum absolute atomic E-state index is 1.05. The van der Waals surface area contributed by atoms with Gasteiger partial charge in [0, 0.05) is 0 Å². The molecule has 0 aliphatic heterocycles. The van der Waals surface area contributed by atoms with Crippen molar-refractivity contribution in [2.45, 2.75) is 20.3 Å². The quantitative estimate of drug-likeness (QED) is 0.239. The zero-order valence-corrected chi connectivity index (χ0v) is 16.6. The fraction of sp³-hybridized carbons (Fsp3) is 0.103. The molecule has 0 atom stereocenters. The Bertz CT molecular complexity index is 1530. The molecular formula is C29H20. The van der Waals surface area contributed by atoms with E-state index in [1.807, 2.05) is 0 Å². The van der Waals surface area contributed by atoms with Crippen LogP contribution < -0.4 is 0 Å². The molecule has 0 saturated carbocycles. The molecule has 2 aliphatic carbocycles. The molecule has 0 nitrogen and oxygen atoms in total. The standard InChI is InChI=1S/C29H20/c1-16-10-11-22-19(12-16)13-20-15-25-26-14-18-6-3-4-7-21(18)23-8-5-9-24(29(23)26)28(25)17(2)27(20)22/h3-12,14-15H,13H2,1-2H3. The Hall–Kier alpha value is -3.38. The molecule has 0 heteroatoms. The van der Waals surface area contributed by atoms with Crippen LogP contribution in [0.4, 0.5) is 0 Å². The summed E-state index contributed by atoms with van der Waals surface area (Å²) < 4.78 is 0. The summed E-state index contributed by atoms with van der Waals surface area (Å²) in [5.74, 6) is 0. The van der Waals surface area contributed by atoms with Crippen LogP contribution in [-0.4, -0.2) is 0 Å². The van der Waals surface area contributed by atoms with Gasteiger partial charge in [0.1, 0.15) is 0 Å². The molecule has 5 aromatic rings. The highest BCUT2D eigenvalue weighted by Crippen LogP contribution is 2.54. The first-order valence-corrected chi connectivity index (χ1v) is 10.4. The Morgan fingerprint density at radius 3 is 2.38 bits per heavy atom. The molecule has 0 fully saturated rings. The van der Waals surface area contributed by atoms with Crippen LogP contribution in [0.1, 0.15) is 22.3 Å². The van der Waals surface area contributed by atoms with E-state index in [2.05, 4.69) is 86.6 Å². The maximum atomic E-state index is 2.48. The molecule has 0 radical (unpaired) electrons. The van der Waals surface area contributed by atoms with Gasteiger partial charge in [0.25, 0.3) is 0 Å². The van der Waals surface area contributed by atoms with Crippen LogP contribution in [0.2, 0.25) is 0 Å². The van der Waals surface area contributed by atoms with Crippen LogP contribution >= 0.6 is 0 Å². The molecule has 7 rings (SSSR count). The predicted molar refractivity (Wildman–Crippen MR) is 124 cm³/mol. The van der Waals surface area contributed by atoms with E-state index in [9.17, 15) is 0 Å². The molecule has 0 heterocycles. The van der Waals surface area contributed by atoms with Gasteiger partial charge in [-0.25, -0.2) is 0 Å². The number of hydrogen-bond donors (Lipinski definition) is 0. The highest BCUT2D eigenvalue weighted by Gasteiger charge is 2.30. The molecule has 0 aromatic heterocycles. The smallest absolute Gasteiger partial charge is 0.00130 e. The molecule has 136 valence electrons. The third-order valence-corrected chi connectivity index (χ3v) is 7.01. The van der Waals surface area contributed by atoms with Gasteiger partial charge in [-0.2, -0.15) is 0 Å². The maximum Gasteiger partial charge on any atom is -0.00130 e. The van der Waals surface area contributed by atoms with Gasteiger partial charge < -0.3 is 0 Å². The van der Waals surface area contributed by atoms with Crippen molar-refractivity contribution in [2.75, 3.05) is 0 Å². The van der Waals surface area contributed by atoms with Crippen molar-refractivity contribution in [2.24, 2.45) is 0 Å². The summed E-state index contributed by atoms with van der Waals surface area (Å²) in [6, 6.07) is 27.5. The number of rotatable bonds is 0. The second-order valence-electron chi connectivity index (χ2n) is 8.67. The lowest BCUT2D eigenvalue weighted by Crippen LogP contribution is -1.90. The Labute approximate surface area is 170 Å². The lowest BCUT2D eigenvalue weighted by molar-refractivity contribution is 1.25. The summed E-state index contributed by atoms with van der Waals surface area (Å²) in [4.78, 5) is 0. The number of fused-ring (bicyclic) bond motifs is 8. The fourth-order valence-corrected chi connectivity index (χ4v) is 5.86. The summed E-state index contributed by atoms with van der Waals surface area (Å²) in [6.07, 6.45) is 1.05. The zero-order chi connectivity index (χ0) is 19.3. The van der Waals surface area contributed by atoms with Crippen LogP contribution in [-0.2, 0) is 6.42 Å². The van der Waals surface area contributed by atoms with Crippen molar-refractivity contribution in [1.82, 2.24) is 0 Å². The van der Waals surface area contributed by atoms with E-state index in [1.54, 1.807) is 0 Å². The van der Waals surface area contributed by atoms with Gasteiger partial charge in [0.05, 0.1) is 0 Å². The van der Waals surface area contributed by atoms with Crippen molar-refractivity contribution in [1.29, 1.82) is 0 Å². The van der Waals surface area contributed by atoms with Gasteiger partial charge in [-0.05, 0) is 104 Å². The Kier molecular flexibility index (Phi) is 2.76. The monoisotopic (exact) mass is 368 g/mol. The highest BCUT2D eigenvalue weighted by atomic mass is 14.3. The average Bonchev–Trinajstić information content (AvgIpc) is 3.25. The van der Waals surface area contributed by atoms with E-state index < -0.39 is 0 Å². The van der Waals surface area contributed by atoms with Gasteiger partial charge >= 0.3 is 0 Å². The molecule has 0 amide bonds. The topological polar surface area (TPSA) is 0 Å². The van der Waals surface area contributed by atoms with Crippen molar-refractivity contribution in [3.8, 4) is 33.4 Å². The van der Waals surface area contributed by atoms with Gasteiger partial charge in [-0.3, -0.25) is 0 Å². The lowest BCUT2D eigenvalue weighted by Gasteiger charge is -2.13. The minimum Gasteiger partial charge on any atom is -0.0616 e. The van der Waals surface area contributed by atoms with Crippen LogP contribution in [0, 0.1) is 13.8 Å². The second-order valence-corrected chi connectivity index (χ2v) is 8.67. The van der Waals surface area contributed by atoms with Crippen LogP contribution in [0.15, 0.2) is 72.8 Å². The summed E-state index contributed by atoms with van der Waals surface area (Å²) >= 11 is 0. The van der Waals surface area contributed by atoms with E-state index in [4.69, 9.17) is 0 Å². The molecule has 0 N–H and O–H groups in total. The van der Waals surface area contributed by atoms with E-state index in [0.29, 0.717) is 0 Å². The third-order valence-electron chi connectivity index (χ3n) is 7.01. The Morgan fingerprint density at radius 2 is 1.45 bits per heavy atom. The Morgan fingerprint density at radius 1 is 0.586 bits per heavy atom. The molecule has 29 heavy (non-hydrogen) atoms. The predicted octanol–water partition coefficient (Wildman–Crippen LogP) is 7.83. The van der Waals surface area contributed by atoms with E-state index in [-0.39, 0.29) is 0 Å². The van der Waals surface area contributed by atoms with Gasteiger partial charge in [-0.15, -0.1) is 0 Å². The number of benzene rings is 5. The Balaban J connectivity index is 1.63. The molecule has 0 saturated heterocycles. The summed E-state index contributed by atoms with van der Waals surface area (Å²) in [5, 5.41) is 5.49. The van der Waals surface area contributed by atoms with E-state index in [1.165, 1.54) is 77.2 Å². The van der Waals surface area contributed by atoms with Gasteiger partial charge in [0.15, 0.2) is 0 Å². The molecule has 2 aliphatic rings. The summed E-state index contributed by atoms with van der Waals surface area (Å²) in [7, 11) is 0. The first-order chi connectivity index (χ1) is 14.2. The van der Waals surface area contributed by atoms with Crippen LogP contribution in [0.3, 0.4) is 0 Å². The van der Waals surface area contributed by atoms with Crippen molar-refractivity contribution in [3.05, 3.63) is 95.1 Å². The van der Waals surface area contributed by atoms with E-state index >= 15 is 0 Å². The first kappa shape index (κ1) is 15.5. The molecule has 5 aromatic carbocycles. The number of aryl methyl sites for hydroxylation is 1. The maximum absolute atomic E-state index is 2.48. The van der Waals surface area contributed by atoms with Crippen LogP contribution in [0.5, 0.6) is 0 Å². The van der Waals surface area contributed by atoms with Crippen molar-refractivity contribution in [3.63, 3.8) is 0 Å². The SMILES string of the molecule is Cc1ccc2c(c1)Cc1cc3c(c(C)c1-2)-c1cccc2c1c-3cc1ccccc12. The molecule has 0 spiro atoms. The summed E-state index contributed by atoms with van der Waals surface area (Å²) in [6.45, 7) is 4.52. The molecule has 0 bridgehead atoms. The van der Waals surface area contributed by atoms with Crippen molar-refractivity contribution < 1.29 is 0 Å². The average molecular weight is 368 g/mol. The van der Waals surface area contributed by atoms with Gasteiger partial charge in [0.2, 0.25) is 0 Å². The summed E-state index contributed by atoms with van der Waals surface area (Å²) in [5.41, 5.74) is 14.3. The highest BCUT2D eigenvalue weighted by molar-refractivity contribution is 6.24. The normalized spacial score (nSPS) is 13.0. The number of hydrogen-bond acceptors (Lipinski definition) is 0. The molecular weight excluding hydrogens is 348 g/mol. The minimum atomic E-state index is 1.05. The van der Waals surface area contributed by atoms with Crippen LogP contribution in [0.25, 0.3) is 54.9 Å². The van der Waals surface area contributed by atoms with Gasteiger partial charge in [-0.1, -0.05) is 66.2 Å². The first-order valence-electron chi connectivity index (χ1n) is 10.4. The van der Waals surface area contributed by atoms with E-state index in [0.717, 1.165) is 6.42 Å². The third kappa shape index (κ3) is 1.85. The second kappa shape index (κ2) is 5.15. The fourth-order valence-electron chi connectivity index (χ4n) is 5.86. The van der Waals surface area contributed by atoms with Crippen molar-refractivity contribution >= 4 is 21.5 Å².